The van der Waals surface area contributed by atoms with Gasteiger partial charge in [0.1, 0.15) is 6.61 Å². The van der Waals surface area contributed by atoms with Gasteiger partial charge in [-0.05, 0) is 11.4 Å². The van der Waals surface area contributed by atoms with E-state index in [1.54, 1.807) is 0 Å². The predicted molar refractivity (Wildman–Crippen MR) is 39.6 cm³/mol. The topological polar surface area (TPSA) is 52.3 Å². The van der Waals surface area contributed by atoms with Crippen molar-refractivity contribution in [2.24, 2.45) is 0 Å². The van der Waals surface area contributed by atoms with Crippen molar-refractivity contribution in [1.29, 1.82) is 0 Å². The lowest BCUT2D eigenvalue weighted by Gasteiger charge is -1.95. The molecule has 0 unspecified atom stereocenters. The molecule has 0 saturated carbocycles. The Morgan fingerprint density at radius 2 is 2.60 bits per heavy atom. The van der Waals surface area contributed by atoms with Crippen LogP contribution in [-0.2, 0) is 16.1 Å². The van der Waals surface area contributed by atoms with Crippen molar-refractivity contribution in [2.75, 3.05) is 5.73 Å². The van der Waals surface area contributed by atoms with E-state index in [2.05, 4.69) is 4.74 Å². The molecular formula is C6H7NO2S. The first-order valence-corrected chi connectivity index (χ1v) is 3.59. The SMILES string of the molecule is Nc1sccc1COC=O. The van der Waals surface area contributed by atoms with Crippen LogP contribution in [0.3, 0.4) is 0 Å². The van der Waals surface area contributed by atoms with Crippen LogP contribution < -0.4 is 5.73 Å². The Bertz CT molecular complexity index is 221. The lowest BCUT2D eigenvalue weighted by atomic mass is 10.3. The first kappa shape index (κ1) is 7.08. The van der Waals surface area contributed by atoms with Crippen LogP contribution in [0.15, 0.2) is 11.4 Å². The van der Waals surface area contributed by atoms with E-state index in [4.69, 9.17) is 5.73 Å². The number of thiophene rings is 1. The number of carbonyl (C=O) groups excluding carboxylic acids is 1. The molecular weight excluding hydrogens is 150 g/mol. The third kappa shape index (κ3) is 1.48. The smallest absolute Gasteiger partial charge is 0.293 e. The minimum Gasteiger partial charge on any atom is -0.463 e. The standard InChI is InChI=1S/C6H7NO2S/c7-6-5(1-2-10-6)3-9-4-8/h1-2,4H,3,7H2. The molecule has 0 aliphatic heterocycles. The molecule has 10 heavy (non-hydrogen) atoms. The normalized spacial score (nSPS) is 9.20. The zero-order chi connectivity index (χ0) is 7.40. The minimum atomic E-state index is 0.277. The second-order valence-electron chi connectivity index (χ2n) is 1.72. The summed E-state index contributed by atoms with van der Waals surface area (Å²) >= 11 is 1.44. The first-order valence-electron chi connectivity index (χ1n) is 2.71. The highest BCUT2D eigenvalue weighted by molar-refractivity contribution is 7.14. The van der Waals surface area contributed by atoms with E-state index >= 15 is 0 Å². The van der Waals surface area contributed by atoms with Crippen LogP contribution in [0.5, 0.6) is 0 Å². The molecule has 3 nitrogen and oxygen atoms in total. The molecule has 1 heterocycles. The van der Waals surface area contributed by atoms with E-state index in [0.717, 1.165) is 5.56 Å². The van der Waals surface area contributed by atoms with Gasteiger partial charge in [0.25, 0.3) is 6.47 Å². The van der Waals surface area contributed by atoms with Crippen molar-refractivity contribution >= 4 is 22.8 Å². The summed E-state index contributed by atoms with van der Waals surface area (Å²) in [5, 5.41) is 2.57. The summed E-state index contributed by atoms with van der Waals surface area (Å²) in [5.74, 6) is 0. The molecule has 0 spiro atoms. The second-order valence-corrected chi connectivity index (χ2v) is 2.67. The predicted octanol–water partition coefficient (Wildman–Crippen LogP) is 1.00. The summed E-state index contributed by atoms with van der Waals surface area (Å²) in [7, 11) is 0. The number of rotatable bonds is 3. The fourth-order valence-electron chi connectivity index (χ4n) is 0.590. The maximum Gasteiger partial charge on any atom is 0.293 e. The number of hydrogen-bond acceptors (Lipinski definition) is 4. The Hall–Kier alpha value is -1.03. The first-order chi connectivity index (χ1) is 4.84. The minimum absolute atomic E-state index is 0.277. The maximum absolute atomic E-state index is 9.75. The number of hydrogen-bond donors (Lipinski definition) is 1. The quantitative estimate of drug-likeness (QED) is 0.666. The van der Waals surface area contributed by atoms with Gasteiger partial charge in [-0.25, -0.2) is 0 Å². The molecule has 1 aromatic rings. The van der Waals surface area contributed by atoms with Gasteiger partial charge >= 0.3 is 0 Å². The molecule has 0 aromatic carbocycles. The summed E-state index contributed by atoms with van der Waals surface area (Å²) in [6.45, 7) is 0.690. The monoisotopic (exact) mass is 157 g/mol. The van der Waals surface area contributed by atoms with Gasteiger partial charge < -0.3 is 10.5 Å². The van der Waals surface area contributed by atoms with E-state index in [1.165, 1.54) is 11.3 Å². The Morgan fingerprint density at radius 3 is 3.10 bits per heavy atom. The molecule has 54 valence electrons. The Balaban J connectivity index is 2.56. The second kappa shape index (κ2) is 3.22. The van der Waals surface area contributed by atoms with Crippen molar-refractivity contribution < 1.29 is 9.53 Å². The van der Waals surface area contributed by atoms with E-state index in [9.17, 15) is 4.79 Å². The van der Waals surface area contributed by atoms with Gasteiger partial charge in [0.2, 0.25) is 0 Å². The van der Waals surface area contributed by atoms with E-state index in [0.29, 0.717) is 11.5 Å². The van der Waals surface area contributed by atoms with E-state index in [1.807, 2.05) is 11.4 Å². The van der Waals surface area contributed by atoms with Gasteiger partial charge in [-0.1, -0.05) is 0 Å². The van der Waals surface area contributed by atoms with Crippen molar-refractivity contribution in [2.45, 2.75) is 6.61 Å². The van der Waals surface area contributed by atoms with Crippen molar-refractivity contribution in [3.63, 3.8) is 0 Å². The zero-order valence-corrected chi connectivity index (χ0v) is 6.06. The molecule has 2 N–H and O–H groups in total. The lowest BCUT2D eigenvalue weighted by Crippen LogP contribution is -1.91. The van der Waals surface area contributed by atoms with Crippen LogP contribution in [0.2, 0.25) is 0 Å². The fraction of sp³-hybridized carbons (Fsp3) is 0.167. The molecule has 0 aliphatic carbocycles. The average molecular weight is 157 g/mol. The van der Waals surface area contributed by atoms with Crippen LogP contribution in [0.4, 0.5) is 5.00 Å². The van der Waals surface area contributed by atoms with Gasteiger partial charge in [-0.3, -0.25) is 4.79 Å². The largest absolute Gasteiger partial charge is 0.463 e. The molecule has 1 aromatic heterocycles. The summed E-state index contributed by atoms with van der Waals surface area (Å²) in [6, 6.07) is 1.84. The number of carbonyl (C=O) groups is 1. The highest BCUT2D eigenvalue weighted by Crippen LogP contribution is 2.18. The van der Waals surface area contributed by atoms with Crippen molar-refractivity contribution in [3.8, 4) is 0 Å². The van der Waals surface area contributed by atoms with Gasteiger partial charge in [-0.15, -0.1) is 11.3 Å². The maximum atomic E-state index is 9.75. The van der Waals surface area contributed by atoms with E-state index in [-0.39, 0.29) is 6.61 Å². The fourth-order valence-corrected chi connectivity index (χ4v) is 1.25. The highest BCUT2D eigenvalue weighted by atomic mass is 32.1. The summed E-state index contributed by atoms with van der Waals surface area (Å²) in [6.07, 6.45) is 0. The molecule has 0 saturated heterocycles. The highest BCUT2D eigenvalue weighted by Gasteiger charge is 1.98. The Kier molecular flexibility index (Phi) is 2.28. The summed E-state index contributed by atoms with van der Waals surface area (Å²) < 4.78 is 4.50. The molecule has 0 radical (unpaired) electrons. The van der Waals surface area contributed by atoms with Gasteiger partial charge in [0, 0.05) is 5.56 Å². The number of nitrogens with two attached hydrogens (primary N) is 1. The average Bonchev–Trinajstić information content (AvgIpc) is 2.31. The molecule has 0 fully saturated rings. The zero-order valence-electron chi connectivity index (χ0n) is 5.24. The molecule has 0 aliphatic rings. The van der Waals surface area contributed by atoms with Crippen LogP contribution >= 0.6 is 11.3 Å². The number of nitrogen functional groups attached to an aromatic ring is 1. The van der Waals surface area contributed by atoms with Crippen LogP contribution in [-0.4, -0.2) is 6.47 Å². The third-order valence-corrected chi connectivity index (χ3v) is 1.88. The van der Waals surface area contributed by atoms with Crippen LogP contribution in [0, 0.1) is 0 Å². The summed E-state index contributed by atoms with van der Waals surface area (Å²) in [5.41, 5.74) is 6.38. The number of anilines is 1. The molecule has 0 amide bonds. The molecule has 4 heteroatoms. The van der Waals surface area contributed by atoms with Gasteiger partial charge in [0.15, 0.2) is 0 Å². The molecule has 0 bridgehead atoms. The Labute approximate surface area is 62.4 Å². The lowest BCUT2D eigenvalue weighted by molar-refractivity contribution is -0.129. The van der Waals surface area contributed by atoms with E-state index < -0.39 is 0 Å². The van der Waals surface area contributed by atoms with Crippen molar-refractivity contribution in [3.05, 3.63) is 17.0 Å². The van der Waals surface area contributed by atoms with Crippen LogP contribution in [0.25, 0.3) is 0 Å². The number of ether oxygens (including phenoxy) is 1. The summed E-state index contributed by atoms with van der Waals surface area (Å²) in [4.78, 5) is 9.75. The Morgan fingerprint density at radius 1 is 1.80 bits per heavy atom. The third-order valence-electron chi connectivity index (χ3n) is 1.09. The molecule has 1 rings (SSSR count). The van der Waals surface area contributed by atoms with Crippen LogP contribution in [0.1, 0.15) is 5.56 Å². The van der Waals surface area contributed by atoms with Gasteiger partial charge in [-0.2, -0.15) is 0 Å². The van der Waals surface area contributed by atoms with Crippen molar-refractivity contribution in [1.82, 2.24) is 0 Å². The van der Waals surface area contributed by atoms with Gasteiger partial charge in [0.05, 0.1) is 5.00 Å². The molecule has 0 atom stereocenters.